The summed E-state index contributed by atoms with van der Waals surface area (Å²) in [4.78, 5) is 8.96. The molecule has 1 aliphatic heterocycles. The van der Waals surface area contributed by atoms with Crippen LogP contribution in [0.2, 0.25) is 0 Å². The van der Waals surface area contributed by atoms with Crippen molar-refractivity contribution in [3.8, 4) is 0 Å². The molecular formula is C14H24N4O2. The van der Waals surface area contributed by atoms with Crippen molar-refractivity contribution in [3.63, 3.8) is 0 Å². The summed E-state index contributed by atoms with van der Waals surface area (Å²) in [6.45, 7) is 7.22. The summed E-state index contributed by atoms with van der Waals surface area (Å²) in [7, 11) is 0. The molecule has 6 nitrogen and oxygen atoms in total. The molecule has 1 aromatic heterocycles. The molecule has 0 amide bonds. The number of anilines is 2. The van der Waals surface area contributed by atoms with Crippen LogP contribution in [0.1, 0.15) is 31.9 Å². The second kappa shape index (κ2) is 7.40. The Bertz CT molecular complexity index is 420. The van der Waals surface area contributed by atoms with Gasteiger partial charge in [0.25, 0.3) is 0 Å². The highest BCUT2D eigenvalue weighted by atomic mass is 16.5. The Morgan fingerprint density at radius 3 is 2.90 bits per heavy atom. The van der Waals surface area contributed by atoms with E-state index in [0.717, 1.165) is 37.7 Å². The molecule has 2 rings (SSSR count). The van der Waals surface area contributed by atoms with Gasteiger partial charge < -0.3 is 20.5 Å². The number of nitrogens with one attached hydrogen (secondary N) is 2. The highest BCUT2D eigenvalue weighted by Crippen LogP contribution is 2.26. The number of aliphatic hydroxyl groups is 1. The van der Waals surface area contributed by atoms with Crippen molar-refractivity contribution in [1.82, 2.24) is 9.97 Å². The van der Waals surface area contributed by atoms with Crippen LogP contribution in [-0.2, 0) is 4.74 Å². The summed E-state index contributed by atoms with van der Waals surface area (Å²) in [6, 6.07) is 2.01. The summed E-state index contributed by atoms with van der Waals surface area (Å²) in [5.74, 6) is 2.29. The van der Waals surface area contributed by atoms with Gasteiger partial charge in [0.2, 0.25) is 5.95 Å². The molecule has 112 valence electrons. The molecule has 0 unspecified atom stereocenters. The molecular weight excluding hydrogens is 256 g/mol. The highest BCUT2D eigenvalue weighted by molar-refractivity contribution is 5.43. The highest BCUT2D eigenvalue weighted by Gasteiger charge is 2.20. The standard InChI is InChI=1S/C14H24N4O2/c1-10(2)8-16-13-7-12(11-3-6-20-9-11)17-14(18-13)15-4-5-19/h7,10-11,19H,3-6,8-9H2,1-2H3,(H2,15,16,17,18)/t11-/m1/s1. The first kappa shape index (κ1) is 15.0. The van der Waals surface area contributed by atoms with Crippen molar-refractivity contribution in [1.29, 1.82) is 0 Å². The van der Waals surface area contributed by atoms with Crippen LogP contribution in [0, 0.1) is 5.92 Å². The minimum Gasteiger partial charge on any atom is -0.395 e. The Kier molecular flexibility index (Phi) is 5.55. The van der Waals surface area contributed by atoms with E-state index < -0.39 is 0 Å². The number of hydrogen-bond donors (Lipinski definition) is 3. The minimum absolute atomic E-state index is 0.0644. The maximum absolute atomic E-state index is 8.90. The molecule has 1 aromatic rings. The van der Waals surface area contributed by atoms with E-state index in [1.165, 1.54) is 0 Å². The number of ether oxygens (including phenoxy) is 1. The quantitative estimate of drug-likeness (QED) is 0.701. The van der Waals surface area contributed by atoms with Crippen LogP contribution in [0.15, 0.2) is 6.07 Å². The van der Waals surface area contributed by atoms with E-state index in [1.54, 1.807) is 0 Å². The molecule has 0 bridgehead atoms. The Hall–Kier alpha value is -1.40. The lowest BCUT2D eigenvalue weighted by molar-refractivity contribution is 0.193. The first-order valence-corrected chi connectivity index (χ1v) is 7.24. The second-order valence-electron chi connectivity index (χ2n) is 5.49. The SMILES string of the molecule is CC(C)CNc1cc([C@@H]2CCOC2)nc(NCCO)n1. The van der Waals surface area contributed by atoms with Crippen LogP contribution < -0.4 is 10.6 Å². The van der Waals surface area contributed by atoms with Crippen LogP contribution in [-0.4, -0.2) is 48.0 Å². The molecule has 1 fully saturated rings. The van der Waals surface area contributed by atoms with Crippen molar-refractivity contribution in [2.45, 2.75) is 26.2 Å². The largest absolute Gasteiger partial charge is 0.395 e. The molecule has 0 spiro atoms. The monoisotopic (exact) mass is 280 g/mol. The van der Waals surface area contributed by atoms with Crippen molar-refractivity contribution in [2.75, 3.05) is 43.5 Å². The smallest absolute Gasteiger partial charge is 0.224 e. The van der Waals surface area contributed by atoms with Gasteiger partial charge in [0, 0.05) is 31.7 Å². The van der Waals surface area contributed by atoms with Gasteiger partial charge in [0.15, 0.2) is 0 Å². The number of aromatic nitrogens is 2. The minimum atomic E-state index is 0.0644. The summed E-state index contributed by atoms with van der Waals surface area (Å²) >= 11 is 0. The summed E-state index contributed by atoms with van der Waals surface area (Å²) < 4.78 is 5.43. The van der Waals surface area contributed by atoms with E-state index in [2.05, 4.69) is 34.4 Å². The lowest BCUT2D eigenvalue weighted by Gasteiger charge is -2.14. The number of hydrogen-bond acceptors (Lipinski definition) is 6. The number of aliphatic hydroxyl groups excluding tert-OH is 1. The van der Waals surface area contributed by atoms with Crippen LogP contribution in [0.5, 0.6) is 0 Å². The number of nitrogens with zero attached hydrogens (tertiary/aromatic N) is 2. The van der Waals surface area contributed by atoms with Crippen LogP contribution in [0.3, 0.4) is 0 Å². The van der Waals surface area contributed by atoms with Gasteiger partial charge in [-0.1, -0.05) is 13.8 Å². The Morgan fingerprint density at radius 2 is 2.25 bits per heavy atom. The third-order valence-electron chi connectivity index (χ3n) is 3.18. The zero-order valence-corrected chi connectivity index (χ0v) is 12.2. The van der Waals surface area contributed by atoms with E-state index >= 15 is 0 Å². The predicted octanol–water partition coefficient (Wildman–Crippen LogP) is 1.45. The Labute approximate surface area is 120 Å². The van der Waals surface area contributed by atoms with Crippen LogP contribution in [0.4, 0.5) is 11.8 Å². The molecule has 0 aliphatic carbocycles. The summed E-state index contributed by atoms with van der Waals surface area (Å²) in [5, 5.41) is 15.3. The molecule has 0 saturated carbocycles. The molecule has 0 radical (unpaired) electrons. The normalized spacial score (nSPS) is 18.5. The van der Waals surface area contributed by atoms with Crippen molar-refractivity contribution < 1.29 is 9.84 Å². The third kappa shape index (κ3) is 4.31. The fraction of sp³-hybridized carbons (Fsp3) is 0.714. The van der Waals surface area contributed by atoms with Crippen LogP contribution >= 0.6 is 0 Å². The number of rotatable bonds is 7. The third-order valence-corrected chi connectivity index (χ3v) is 3.18. The summed E-state index contributed by atoms with van der Waals surface area (Å²) in [5.41, 5.74) is 1.00. The average Bonchev–Trinajstić information content (AvgIpc) is 2.97. The molecule has 6 heteroatoms. The first-order valence-electron chi connectivity index (χ1n) is 7.24. The zero-order chi connectivity index (χ0) is 14.4. The van der Waals surface area contributed by atoms with Gasteiger partial charge in [-0.2, -0.15) is 4.98 Å². The zero-order valence-electron chi connectivity index (χ0n) is 12.2. The van der Waals surface area contributed by atoms with Gasteiger partial charge in [-0.05, 0) is 12.3 Å². The predicted molar refractivity (Wildman–Crippen MR) is 79.1 cm³/mol. The van der Waals surface area contributed by atoms with Gasteiger partial charge >= 0.3 is 0 Å². The van der Waals surface area contributed by atoms with Gasteiger partial charge in [0.05, 0.1) is 18.9 Å². The first-order chi connectivity index (χ1) is 9.69. The maximum Gasteiger partial charge on any atom is 0.224 e. The Balaban J connectivity index is 2.14. The fourth-order valence-electron chi connectivity index (χ4n) is 2.09. The molecule has 20 heavy (non-hydrogen) atoms. The summed E-state index contributed by atoms with van der Waals surface area (Å²) in [6.07, 6.45) is 1.00. The lowest BCUT2D eigenvalue weighted by Crippen LogP contribution is -2.15. The molecule has 3 N–H and O–H groups in total. The molecule has 2 heterocycles. The topological polar surface area (TPSA) is 79.3 Å². The van der Waals surface area contributed by atoms with Crippen molar-refractivity contribution in [3.05, 3.63) is 11.8 Å². The fourth-order valence-corrected chi connectivity index (χ4v) is 2.09. The van der Waals surface area contributed by atoms with Gasteiger partial charge in [0.1, 0.15) is 5.82 Å². The van der Waals surface area contributed by atoms with Crippen LogP contribution in [0.25, 0.3) is 0 Å². The molecule has 0 aromatic carbocycles. The maximum atomic E-state index is 8.90. The lowest BCUT2D eigenvalue weighted by atomic mass is 10.0. The molecule has 1 aliphatic rings. The van der Waals surface area contributed by atoms with E-state index in [-0.39, 0.29) is 6.61 Å². The van der Waals surface area contributed by atoms with Gasteiger partial charge in [-0.15, -0.1) is 0 Å². The second-order valence-corrected chi connectivity index (χ2v) is 5.49. The van der Waals surface area contributed by atoms with Crippen molar-refractivity contribution >= 4 is 11.8 Å². The average molecular weight is 280 g/mol. The van der Waals surface area contributed by atoms with Gasteiger partial charge in [-0.3, -0.25) is 0 Å². The molecule has 1 atom stereocenters. The Morgan fingerprint density at radius 1 is 1.40 bits per heavy atom. The van der Waals surface area contributed by atoms with Crippen molar-refractivity contribution in [2.24, 2.45) is 5.92 Å². The van der Waals surface area contributed by atoms with E-state index in [9.17, 15) is 0 Å². The van der Waals surface area contributed by atoms with E-state index in [0.29, 0.717) is 24.3 Å². The van der Waals surface area contributed by atoms with Gasteiger partial charge in [-0.25, -0.2) is 4.98 Å². The van der Waals surface area contributed by atoms with E-state index in [1.807, 2.05) is 6.07 Å². The van der Waals surface area contributed by atoms with E-state index in [4.69, 9.17) is 9.84 Å². The molecule has 1 saturated heterocycles.